The van der Waals surface area contributed by atoms with Gasteiger partial charge in [-0.25, -0.2) is 0 Å². The van der Waals surface area contributed by atoms with E-state index < -0.39 is 0 Å². The van der Waals surface area contributed by atoms with Crippen LogP contribution in [0.4, 0.5) is 0 Å². The van der Waals surface area contributed by atoms with Crippen molar-refractivity contribution in [3.05, 3.63) is 17.5 Å². The van der Waals surface area contributed by atoms with Crippen LogP contribution in [0, 0.1) is 0 Å². The second-order valence-electron chi connectivity index (χ2n) is 4.25. The van der Waals surface area contributed by atoms with Crippen LogP contribution in [0.3, 0.4) is 0 Å². The van der Waals surface area contributed by atoms with Crippen LogP contribution in [-0.4, -0.2) is 33.9 Å². The van der Waals surface area contributed by atoms with Gasteiger partial charge in [-0.15, -0.1) is 0 Å². The summed E-state index contributed by atoms with van der Waals surface area (Å²) in [5, 5.41) is 18.3. The van der Waals surface area contributed by atoms with Crippen LogP contribution in [0.1, 0.15) is 49.3 Å². The highest BCUT2D eigenvalue weighted by Gasteiger charge is 2.13. The van der Waals surface area contributed by atoms with E-state index >= 15 is 0 Å². The van der Waals surface area contributed by atoms with E-state index in [1.165, 1.54) is 0 Å². The topological polar surface area (TPSA) is 78.0 Å². The summed E-state index contributed by atoms with van der Waals surface area (Å²) in [6.45, 7) is 5.98. The van der Waals surface area contributed by atoms with Crippen molar-refractivity contribution in [2.24, 2.45) is 0 Å². The Morgan fingerprint density at radius 2 is 2.25 bits per heavy atom. The molecule has 5 nitrogen and oxygen atoms in total. The largest absolute Gasteiger partial charge is 0.396 e. The molecule has 16 heavy (non-hydrogen) atoms. The summed E-state index contributed by atoms with van der Waals surface area (Å²) in [6, 6.07) is 1.71. The van der Waals surface area contributed by atoms with Crippen molar-refractivity contribution < 1.29 is 9.90 Å². The zero-order valence-electron chi connectivity index (χ0n) is 9.95. The minimum atomic E-state index is -0.205. The summed E-state index contributed by atoms with van der Waals surface area (Å²) in [7, 11) is 0. The quantitative estimate of drug-likeness (QED) is 0.700. The molecule has 0 saturated carbocycles. The maximum absolute atomic E-state index is 11.7. The Morgan fingerprint density at radius 1 is 1.56 bits per heavy atom. The van der Waals surface area contributed by atoms with Gasteiger partial charge in [0.15, 0.2) is 0 Å². The van der Waals surface area contributed by atoms with Gasteiger partial charge in [-0.1, -0.05) is 13.8 Å². The minimum Gasteiger partial charge on any atom is -0.396 e. The van der Waals surface area contributed by atoms with Gasteiger partial charge in [0, 0.05) is 18.3 Å². The van der Waals surface area contributed by atoms with Gasteiger partial charge in [0.2, 0.25) is 0 Å². The summed E-state index contributed by atoms with van der Waals surface area (Å²) < 4.78 is 0. The molecule has 0 aromatic carbocycles. The first-order valence-electron chi connectivity index (χ1n) is 5.51. The highest BCUT2D eigenvalue weighted by molar-refractivity contribution is 5.92. The van der Waals surface area contributed by atoms with Crippen molar-refractivity contribution in [3.63, 3.8) is 0 Å². The summed E-state index contributed by atoms with van der Waals surface area (Å²) in [5.74, 6) is 0.119. The Kier molecular flexibility index (Phi) is 4.49. The number of nitrogens with one attached hydrogen (secondary N) is 2. The molecule has 0 fully saturated rings. The molecule has 5 heteroatoms. The number of aliphatic hydroxyl groups is 1. The van der Waals surface area contributed by atoms with Crippen LogP contribution < -0.4 is 5.32 Å². The summed E-state index contributed by atoms with van der Waals surface area (Å²) >= 11 is 0. The Hall–Kier alpha value is -1.36. The molecule has 0 unspecified atom stereocenters. The van der Waals surface area contributed by atoms with Crippen molar-refractivity contribution in [2.75, 3.05) is 6.61 Å². The van der Waals surface area contributed by atoms with Crippen LogP contribution in [0.15, 0.2) is 6.07 Å². The first-order chi connectivity index (χ1) is 7.54. The number of amides is 1. The lowest BCUT2D eigenvalue weighted by atomic mass is 10.1. The fourth-order valence-electron chi connectivity index (χ4n) is 1.31. The molecule has 90 valence electrons. The molecular weight excluding hydrogens is 206 g/mol. The van der Waals surface area contributed by atoms with E-state index in [0.29, 0.717) is 18.0 Å². The Bertz CT molecular complexity index is 347. The lowest BCUT2D eigenvalue weighted by Gasteiger charge is -2.10. The number of carbonyl (C=O) groups excluding carboxylic acids is 1. The molecular formula is C11H19N3O2. The number of aromatic amines is 1. The molecule has 1 rings (SSSR count). The van der Waals surface area contributed by atoms with Crippen molar-refractivity contribution in [2.45, 2.75) is 39.2 Å². The van der Waals surface area contributed by atoms with E-state index in [0.717, 1.165) is 5.69 Å². The lowest BCUT2D eigenvalue weighted by molar-refractivity contribution is 0.0929. The molecule has 3 N–H and O–H groups in total. The van der Waals surface area contributed by atoms with Crippen LogP contribution in [0.5, 0.6) is 0 Å². The summed E-state index contributed by atoms with van der Waals surface area (Å²) in [6.07, 6.45) is 0.549. The lowest BCUT2D eigenvalue weighted by Crippen LogP contribution is -2.33. The van der Waals surface area contributed by atoms with E-state index in [2.05, 4.69) is 15.5 Å². The summed E-state index contributed by atoms with van der Waals surface area (Å²) in [5.41, 5.74) is 1.34. The summed E-state index contributed by atoms with van der Waals surface area (Å²) in [4.78, 5) is 11.7. The molecule has 1 aromatic heterocycles. The number of aromatic nitrogens is 2. The zero-order chi connectivity index (χ0) is 12.1. The average Bonchev–Trinajstić information content (AvgIpc) is 2.66. The van der Waals surface area contributed by atoms with Gasteiger partial charge in [-0.05, 0) is 25.3 Å². The molecule has 1 atom stereocenters. The van der Waals surface area contributed by atoms with Gasteiger partial charge < -0.3 is 10.4 Å². The number of carbonyl (C=O) groups is 1. The maximum atomic E-state index is 11.7. The van der Waals surface area contributed by atoms with E-state index in [-0.39, 0.29) is 18.6 Å². The third kappa shape index (κ3) is 3.34. The number of rotatable bonds is 5. The fourth-order valence-corrected chi connectivity index (χ4v) is 1.31. The van der Waals surface area contributed by atoms with E-state index in [4.69, 9.17) is 5.11 Å². The monoisotopic (exact) mass is 225 g/mol. The molecule has 0 bridgehead atoms. The zero-order valence-corrected chi connectivity index (χ0v) is 9.95. The highest BCUT2D eigenvalue weighted by atomic mass is 16.3. The number of hydrogen-bond donors (Lipinski definition) is 3. The van der Waals surface area contributed by atoms with Crippen molar-refractivity contribution >= 4 is 5.91 Å². The second-order valence-corrected chi connectivity index (χ2v) is 4.25. The van der Waals surface area contributed by atoms with Crippen LogP contribution in [0.25, 0.3) is 0 Å². The fraction of sp³-hybridized carbons (Fsp3) is 0.636. The molecule has 1 amide bonds. The van der Waals surface area contributed by atoms with Gasteiger partial charge in [-0.2, -0.15) is 5.10 Å². The van der Waals surface area contributed by atoms with E-state index in [9.17, 15) is 4.79 Å². The van der Waals surface area contributed by atoms with Gasteiger partial charge in [0.1, 0.15) is 5.69 Å². The third-order valence-electron chi connectivity index (χ3n) is 2.39. The van der Waals surface area contributed by atoms with Gasteiger partial charge in [0.25, 0.3) is 5.91 Å². The van der Waals surface area contributed by atoms with Crippen LogP contribution >= 0.6 is 0 Å². The Labute approximate surface area is 95.3 Å². The number of H-pyrrole nitrogens is 1. The van der Waals surface area contributed by atoms with E-state index in [1.807, 2.05) is 20.8 Å². The predicted molar refractivity (Wildman–Crippen MR) is 61.3 cm³/mol. The molecule has 0 saturated heterocycles. The second kappa shape index (κ2) is 5.65. The third-order valence-corrected chi connectivity index (χ3v) is 2.39. The van der Waals surface area contributed by atoms with Crippen molar-refractivity contribution in [3.8, 4) is 0 Å². The Balaban J connectivity index is 2.59. The van der Waals surface area contributed by atoms with Crippen LogP contribution in [0.2, 0.25) is 0 Å². The molecule has 1 aromatic rings. The van der Waals surface area contributed by atoms with Crippen LogP contribution in [-0.2, 0) is 0 Å². The highest BCUT2D eigenvalue weighted by Crippen LogP contribution is 2.11. The van der Waals surface area contributed by atoms with Gasteiger partial charge in [0.05, 0.1) is 0 Å². The first-order valence-corrected chi connectivity index (χ1v) is 5.51. The maximum Gasteiger partial charge on any atom is 0.271 e. The molecule has 0 aliphatic carbocycles. The molecule has 0 aliphatic heterocycles. The molecule has 0 radical (unpaired) electrons. The minimum absolute atomic E-state index is 0.0447. The number of hydrogen-bond acceptors (Lipinski definition) is 3. The van der Waals surface area contributed by atoms with Gasteiger partial charge >= 0.3 is 0 Å². The van der Waals surface area contributed by atoms with E-state index in [1.54, 1.807) is 6.07 Å². The number of aliphatic hydroxyl groups excluding tert-OH is 1. The predicted octanol–water partition coefficient (Wildman–Crippen LogP) is 1.03. The van der Waals surface area contributed by atoms with Gasteiger partial charge in [-0.3, -0.25) is 9.89 Å². The Morgan fingerprint density at radius 3 is 2.75 bits per heavy atom. The van der Waals surface area contributed by atoms with Crippen molar-refractivity contribution in [1.82, 2.24) is 15.5 Å². The first kappa shape index (κ1) is 12.7. The normalized spacial score (nSPS) is 12.8. The standard InChI is InChI=1S/C11H19N3O2/c1-7(2)9-6-10(14-13-9)11(16)12-8(3)4-5-15/h6-8,15H,4-5H2,1-3H3,(H,12,16)(H,13,14)/t8-/m1/s1. The average molecular weight is 225 g/mol. The molecule has 0 spiro atoms. The number of nitrogens with zero attached hydrogens (tertiary/aromatic N) is 1. The molecule has 0 aliphatic rings. The van der Waals surface area contributed by atoms with Crippen molar-refractivity contribution in [1.29, 1.82) is 0 Å². The SMILES string of the molecule is CC(C)c1cc(C(=O)N[C@H](C)CCO)n[nH]1. The smallest absolute Gasteiger partial charge is 0.271 e. The molecule has 1 heterocycles.